The molecule has 1 N–H and O–H groups in total. The number of carboxylic acid groups (broad SMARTS) is 1. The number of rotatable bonds is 3. The van der Waals surface area contributed by atoms with E-state index in [1.807, 2.05) is 0 Å². The lowest BCUT2D eigenvalue weighted by molar-refractivity contribution is -0.166. The molecule has 2 rings (SSSR count). The molecule has 1 aromatic rings. The van der Waals surface area contributed by atoms with Crippen molar-refractivity contribution in [2.45, 2.75) is 25.6 Å². The van der Waals surface area contributed by atoms with E-state index in [9.17, 15) is 14.0 Å². The average Bonchev–Trinajstić information content (AvgIpc) is 2.41. The summed E-state index contributed by atoms with van der Waals surface area (Å²) in [5.41, 5.74) is 0.508. The molecule has 1 saturated heterocycles. The van der Waals surface area contributed by atoms with Gasteiger partial charge in [-0.15, -0.1) is 0 Å². The number of hydrogen-bond acceptors (Lipinski definition) is 3. The van der Waals surface area contributed by atoms with Gasteiger partial charge in [0.1, 0.15) is 5.82 Å². The van der Waals surface area contributed by atoms with Gasteiger partial charge in [0.25, 0.3) is 0 Å². The van der Waals surface area contributed by atoms with Gasteiger partial charge in [0.15, 0.2) is 6.10 Å². The van der Waals surface area contributed by atoms with Crippen LogP contribution in [-0.4, -0.2) is 47.2 Å². The molecule has 1 aromatic carbocycles. The largest absolute Gasteiger partial charge is 0.479 e. The number of morpholine rings is 1. The Kier molecular flexibility index (Phi) is 4.80. The van der Waals surface area contributed by atoms with Crippen LogP contribution in [0.2, 0.25) is 5.02 Å². The minimum Gasteiger partial charge on any atom is -0.479 e. The Morgan fingerprint density at radius 2 is 2.19 bits per heavy atom. The van der Waals surface area contributed by atoms with E-state index < -0.39 is 17.9 Å². The first-order valence-corrected chi connectivity index (χ1v) is 6.84. The third-order valence-electron chi connectivity index (χ3n) is 3.25. The summed E-state index contributed by atoms with van der Waals surface area (Å²) in [5.74, 6) is -1.83. The fourth-order valence-electron chi connectivity index (χ4n) is 2.23. The second kappa shape index (κ2) is 6.41. The standard InChI is InChI=1S/C14H15ClFNO4/c1-8-6-17(7-12(21-8)14(19)20)13(18)4-9-2-3-10(16)5-11(9)15/h2-3,5,8,12H,4,6-7H2,1H3,(H,19,20)/t8-,12?/m1/s1. The van der Waals surface area contributed by atoms with Crippen LogP contribution >= 0.6 is 11.6 Å². The van der Waals surface area contributed by atoms with Crippen molar-refractivity contribution in [3.63, 3.8) is 0 Å². The third-order valence-corrected chi connectivity index (χ3v) is 3.60. The molecule has 1 aliphatic rings. The molecular formula is C14H15ClFNO4. The number of carbonyl (C=O) groups excluding carboxylic acids is 1. The summed E-state index contributed by atoms with van der Waals surface area (Å²) >= 11 is 5.89. The van der Waals surface area contributed by atoms with Crippen molar-refractivity contribution >= 4 is 23.5 Å². The van der Waals surface area contributed by atoms with Gasteiger partial charge in [-0.1, -0.05) is 17.7 Å². The molecular weight excluding hydrogens is 301 g/mol. The predicted molar refractivity (Wildman–Crippen MR) is 73.7 cm³/mol. The maximum Gasteiger partial charge on any atom is 0.334 e. The molecule has 114 valence electrons. The highest BCUT2D eigenvalue weighted by Crippen LogP contribution is 2.20. The third kappa shape index (κ3) is 3.92. The minimum atomic E-state index is -1.10. The normalized spacial score (nSPS) is 22.1. The SMILES string of the molecule is C[C@@H]1CN(C(=O)Cc2ccc(F)cc2Cl)CC(C(=O)O)O1. The van der Waals surface area contributed by atoms with Crippen molar-refractivity contribution in [3.05, 3.63) is 34.6 Å². The van der Waals surface area contributed by atoms with Gasteiger partial charge in [0.2, 0.25) is 5.91 Å². The number of carboxylic acids is 1. The lowest BCUT2D eigenvalue weighted by atomic mass is 10.1. The molecule has 1 amide bonds. The number of ether oxygens (including phenoxy) is 1. The maximum absolute atomic E-state index is 13.0. The molecule has 0 aliphatic carbocycles. The Bertz CT molecular complexity index is 566. The minimum absolute atomic E-state index is 0.00181. The summed E-state index contributed by atoms with van der Waals surface area (Å²) < 4.78 is 18.2. The van der Waals surface area contributed by atoms with E-state index in [0.29, 0.717) is 12.1 Å². The highest BCUT2D eigenvalue weighted by atomic mass is 35.5. The first kappa shape index (κ1) is 15.7. The first-order chi connectivity index (χ1) is 9.86. The number of nitrogens with zero attached hydrogens (tertiary/aromatic N) is 1. The predicted octanol–water partition coefficient (Wildman–Crippen LogP) is 1.72. The maximum atomic E-state index is 13.0. The second-order valence-electron chi connectivity index (χ2n) is 4.98. The smallest absolute Gasteiger partial charge is 0.334 e. The topological polar surface area (TPSA) is 66.8 Å². The van der Waals surface area contributed by atoms with Crippen molar-refractivity contribution in [2.75, 3.05) is 13.1 Å². The summed E-state index contributed by atoms with van der Waals surface area (Å²) in [6, 6.07) is 3.83. The molecule has 0 aromatic heterocycles. The summed E-state index contributed by atoms with van der Waals surface area (Å²) in [6.07, 6.45) is -1.38. The van der Waals surface area contributed by atoms with Crippen LogP contribution in [0.15, 0.2) is 18.2 Å². The van der Waals surface area contributed by atoms with Gasteiger partial charge in [0.05, 0.1) is 19.1 Å². The summed E-state index contributed by atoms with van der Waals surface area (Å²) in [5, 5.41) is 9.17. The van der Waals surface area contributed by atoms with E-state index in [4.69, 9.17) is 21.4 Å². The van der Waals surface area contributed by atoms with Gasteiger partial charge in [-0.05, 0) is 24.6 Å². The van der Waals surface area contributed by atoms with Crippen molar-refractivity contribution in [1.29, 1.82) is 0 Å². The number of halogens is 2. The number of aliphatic carboxylic acids is 1. The average molecular weight is 316 g/mol. The van der Waals surface area contributed by atoms with Crippen molar-refractivity contribution in [1.82, 2.24) is 4.90 Å². The van der Waals surface area contributed by atoms with Gasteiger partial charge in [-0.3, -0.25) is 4.79 Å². The lowest BCUT2D eigenvalue weighted by Gasteiger charge is -2.35. The van der Waals surface area contributed by atoms with Crippen LogP contribution in [0.5, 0.6) is 0 Å². The number of benzene rings is 1. The van der Waals surface area contributed by atoms with Crippen molar-refractivity contribution < 1.29 is 23.8 Å². The molecule has 5 nitrogen and oxygen atoms in total. The fraction of sp³-hybridized carbons (Fsp3) is 0.429. The van der Waals surface area contributed by atoms with Crippen LogP contribution in [0.25, 0.3) is 0 Å². The Hall–Kier alpha value is -1.66. The first-order valence-electron chi connectivity index (χ1n) is 6.46. The molecule has 2 atom stereocenters. The molecule has 0 radical (unpaired) electrons. The Morgan fingerprint density at radius 3 is 2.81 bits per heavy atom. The van der Waals surface area contributed by atoms with Crippen LogP contribution in [0.4, 0.5) is 4.39 Å². The molecule has 7 heteroatoms. The van der Waals surface area contributed by atoms with Gasteiger partial charge in [-0.25, -0.2) is 9.18 Å². The van der Waals surface area contributed by atoms with E-state index in [1.54, 1.807) is 6.92 Å². The number of carbonyl (C=O) groups is 2. The number of hydrogen-bond donors (Lipinski definition) is 1. The summed E-state index contributed by atoms with van der Waals surface area (Å²) in [7, 11) is 0. The molecule has 1 fully saturated rings. The zero-order chi connectivity index (χ0) is 15.6. The molecule has 0 bridgehead atoms. The quantitative estimate of drug-likeness (QED) is 0.922. The molecule has 0 saturated carbocycles. The van der Waals surface area contributed by atoms with Crippen LogP contribution in [0, 0.1) is 5.82 Å². The molecule has 1 heterocycles. The highest BCUT2D eigenvalue weighted by molar-refractivity contribution is 6.31. The summed E-state index contributed by atoms with van der Waals surface area (Å²) in [4.78, 5) is 24.7. The van der Waals surface area contributed by atoms with Crippen LogP contribution in [0.3, 0.4) is 0 Å². The van der Waals surface area contributed by atoms with Gasteiger partial charge in [0, 0.05) is 11.6 Å². The van der Waals surface area contributed by atoms with Gasteiger partial charge < -0.3 is 14.7 Å². The fourth-order valence-corrected chi connectivity index (χ4v) is 2.47. The number of amides is 1. The molecule has 0 spiro atoms. The molecule has 21 heavy (non-hydrogen) atoms. The second-order valence-corrected chi connectivity index (χ2v) is 5.39. The molecule has 1 aliphatic heterocycles. The van der Waals surface area contributed by atoms with Crippen molar-refractivity contribution in [3.8, 4) is 0 Å². The monoisotopic (exact) mass is 315 g/mol. The zero-order valence-corrected chi connectivity index (χ0v) is 12.1. The van der Waals surface area contributed by atoms with Gasteiger partial charge >= 0.3 is 5.97 Å². The Balaban J connectivity index is 2.07. The van der Waals surface area contributed by atoms with Gasteiger partial charge in [-0.2, -0.15) is 0 Å². The molecule has 1 unspecified atom stereocenters. The lowest BCUT2D eigenvalue weighted by Crippen LogP contribution is -2.52. The zero-order valence-electron chi connectivity index (χ0n) is 11.4. The van der Waals surface area contributed by atoms with E-state index in [2.05, 4.69) is 0 Å². The van der Waals surface area contributed by atoms with E-state index in [-0.39, 0.29) is 30.0 Å². The van der Waals surface area contributed by atoms with E-state index in [1.165, 1.54) is 17.0 Å². The Morgan fingerprint density at radius 1 is 1.48 bits per heavy atom. The summed E-state index contributed by atoms with van der Waals surface area (Å²) in [6.45, 7) is 2.03. The van der Waals surface area contributed by atoms with Crippen molar-refractivity contribution in [2.24, 2.45) is 0 Å². The Labute approximate surface area is 126 Å². The highest BCUT2D eigenvalue weighted by Gasteiger charge is 2.32. The van der Waals surface area contributed by atoms with E-state index >= 15 is 0 Å². The van der Waals surface area contributed by atoms with Crippen LogP contribution < -0.4 is 0 Å². The van der Waals surface area contributed by atoms with E-state index in [0.717, 1.165) is 6.07 Å². The van der Waals surface area contributed by atoms with Crippen LogP contribution in [-0.2, 0) is 20.7 Å². The van der Waals surface area contributed by atoms with Crippen LogP contribution in [0.1, 0.15) is 12.5 Å².